The summed E-state index contributed by atoms with van der Waals surface area (Å²) in [5.41, 5.74) is 0. The predicted molar refractivity (Wildman–Crippen MR) is 81.2 cm³/mol. The lowest BCUT2D eigenvalue weighted by Crippen LogP contribution is -2.48. The van der Waals surface area contributed by atoms with E-state index >= 15 is 0 Å². The lowest BCUT2D eigenvalue weighted by molar-refractivity contribution is 0.384. The molecule has 1 aromatic carbocycles. The van der Waals surface area contributed by atoms with Crippen molar-refractivity contribution in [3.63, 3.8) is 0 Å². The molecule has 6 nitrogen and oxygen atoms in total. The van der Waals surface area contributed by atoms with Crippen molar-refractivity contribution < 1.29 is 13.5 Å². The highest BCUT2D eigenvalue weighted by atomic mass is 32.2. The molecule has 0 bridgehead atoms. The molecule has 2 heterocycles. The highest BCUT2D eigenvalue weighted by Gasteiger charge is 2.29. The number of benzene rings is 1. The molecule has 1 aromatic heterocycles. The molecule has 2 aromatic rings. The monoisotopic (exact) mass is 325 g/mol. The Labute approximate surface area is 127 Å². The largest absolute Gasteiger partial charge is 0.508 e. The maximum absolute atomic E-state index is 12.5. The van der Waals surface area contributed by atoms with Gasteiger partial charge in [-0.3, -0.25) is 0 Å². The van der Waals surface area contributed by atoms with Crippen LogP contribution in [0, 0.1) is 0 Å². The molecule has 0 unspecified atom stereocenters. The van der Waals surface area contributed by atoms with E-state index in [0.717, 1.165) is 5.13 Å². The van der Waals surface area contributed by atoms with Crippen molar-refractivity contribution in [2.24, 2.45) is 0 Å². The van der Waals surface area contributed by atoms with Crippen molar-refractivity contribution in [2.45, 2.75) is 4.90 Å². The topological polar surface area (TPSA) is 73.7 Å². The summed E-state index contributed by atoms with van der Waals surface area (Å²) >= 11 is 1.56. The fourth-order valence-corrected chi connectivity index (χ4v) is 4.38. The number of anilines is 1. The zero-order chi connectivity index (χ0) is 14.9. The van der Waals surface area contributed by atoms with Gasteiger partial charge >= 0.3 is 0 Å². The number of piperazine rings is 1. The van der Waals surface area contributed by atoms with Crippen molar-refractivity contribution in [1.82, 2.24) is 9.29 Å². The fraction of sp³-hybridized carbons (Fsp3) is 0.308. The third-order valence-electron chi connectivity index (χ3n) is 3.40. The summed E-state index contributed by atoms with van der Waals surface area (Å²) in [6, 6.07) is 5.63. The number of hydrogen-bond donors (Lipinski definition) is 1. The van der Waals surface area contributed by atoms with Crippen molar-refractivity contribution >= 4 is 26.5 Å². The van der Waals surface area contributed by atoms with E-state index in [9.17, 15) is 13.5 Å². The van der Waals surface area contributed by atoms with Crippen LogP contribution in [0.25, 0.3) is 0 Å². The molecular formula is C13H15N3O3S2. The number of phenols is 1. The van der Waals surface area contributed by atoms with Crippen molar-refractivity contribution in [3.8, 4) is 5.75 Å². The molecular weight excluding hydrogens is 310 g/mol. The predicted octanol–water partition coefficient (Wildman–Crippen LogP) is 1.36. The molecule has 1 N–H and O–H groups in total. The third kappa shape index (κ3) is 2.87. The molecule has 0 aliphatic carbocycles. The first-order valence-electron chi connectivity index (χ1n) is 6.51. The Morgan fingerprint density at radius 2 is 1.76 bits per heavy atom. The summed E-state index contributed by atoms with van der Waals surface area (Å²) in [6.45, 7) is 2.13. The maximum Gasteiger partial charge on any atom is 0.243 e. The molecule has 0 radical (unpaired) electrons. The average molecular weight is 325 g/mol. The van der Waals surface area contributed by atoms with Crippen LogP contribution >= 0.6 is 11.3 Å². The van der Waals surface area contributed by atoms with Gasteiger partial charge in [0.05, 0.1) is 4.90 Å². The summed E-state index contributed by atoms with van der Waals surface area (Å²) in [5, 5.41) is 12.1. The Hall–Kier alpha value is -1.64. The van der Waals surface area contributed by atoms with Gasteiger partial charge in [0.15, 0.2) is 5.13 Å². The Balaban J connectivity index is 1.72. The minimum Gasteiger partial charge on any atom is -0.508 e. The molecule has 1 fully saturated rings. The minimum atomic E-state index is -3.49. The number of phenolic OH excluding ortho intramolecular Hbond substituents is 1. The van der Waals surface area contributed by atoms with Crippen LogP contribution in [-0.2, 0) is 10.0 Å². The number of sulfonamides is 1. The van der Waals surface area contributed by atoms with Gasteiger partial charge in [-0.15, -0.1) is 11.3 Å². The minimum absolute atomic E-state index is 0.0579. The highest BCUT2D eigenvalue weighted by Crippen LogP contribution is 2.23. The normalized spacial score (nSPS) is 17.0. The van der Waals surface area contributed by atoms with Crippen LogP contribution in [0.4, 0.5) is 5.13 Å². The number of rotatable bonds is 3. The zero-order valence-electron chi connectivity index (χ0n) is 11.2. The molecule has 0 saturated carbocycles. The Morgan fingerprint density at radius 1 is 1.10 bits per heavy atom. The van der Waals surface area contributed by atoms with Crippen LogP contribution in [0.15, 0.2) is 40.7 Å². The maximum atomic E-state index is 12.5. The Morgan fingerprint density at radius 3 is 2.33 bits per heavy atom. The van der Waals surface area contributed by atoms with Gasteiger partial charge < -0.3 is 10.0 Å². The van der Waals surface area contributed by atoms with Crippen LogP contribution in [-0.4, -0.2) is 49.0 Å². The van der Waals surface area contributed by atoms with Crippen molar-refractivity contribution in [2.75, 3.05) is 31.1 Å². The third-order valence-corrected chi connectivity index (χ3v) is 6.15. The van der Waals surface area contributed by atoms with Gasteiger partial charge in [0.2, 0.25) is 10.0 Å². The van der Waals surface area contributed by atoms with E-state index in [4.69, 9.17) is 0 Å². The molecule has 21 heavy (non-hydrogen) atoms. The zero-order valence-corrected chi connectivity index (χ0v) is 12.8. The van der Waals surface area contributed by atoms with E-state index in [1.807, 2.05) is 5.38 Å². The standard InChI is InChI=1S/C13H15N3O3S2/c17-11-1-3-12(4-2-11)21(18,19)16-8-6-15(7-9-16)13-14-5-10-20-13/h1-5,10,17H,6-9H2. The second-order valence-corrected chi connectivity index (χ2v) is 7.51. The number of thiazole rings is 1. The summed E-state index contributed by atoms with van der Waals surface area (Å²) in [7, 11) is -3.49. The number of aromatic hydroxyl groups is 1. The van der Waals surface area contributed by atoms with Crippen molar-refractivity contribution in [1.29, 1.82) is 0 Å². The van der Waals surface area contributed by atoms with Crippen LogP contribution in [0.3, 0.4) is 0 Å². The van der Waals surface area contributed by atoms with E-state index in [2.05, 4.69) is 9.88 Å². The van der Waals surface area contributed by atoms with E-state index in [1.54, 1.807) is 17.5 Å². The summed E-state index contributed by atoms with van der Waals surface area (Å²) in [4.78, 5) is 6.55. The molecule has 0 spiro atoms. The molecule has 3 rings (SSSR count). The van der Waals surface area contributed by atoms with Gasteiger partial charge in [-0.2, -0.15) is 4.31 Å². The van der Waals surface area contributed by atoms with E-state index < -0.39 is 10.0 Å². The lowest BCUT2D eigenvalue weighted by atomic mass is 10.3. The molecule has 0 atom stereocenters. The van der Waals surface area contributed by atoms with Crippen molar-refractivity contribution in [3.05, 3.63) is 35.8 Å². The molecule has 0 amide bonds. The molecule has 112 valence electrons. The van der Waals surface area contributed by atoms with Gasteiger partial charge in [0.1, 0.15) is 5.75 Å². The van der Waals surface area contributed by atoms with Gasteiger partial charge in [-0.25, -0.2) is 13.4 Å². The summed E-state index contributed by atoms with van der Waals surface area (Å²) < 4.78 is 26.5. The van der Waals surface area contributed by atoms with E-state index in [0.29, 0.717) is 26.2 Å². The molecule has 1 aliphatic rings. The number of aromatic nitrogens is 1. The van der Waals surface area contributed by atoms with Gasteiger partial charge in [-0.05, 0) is 24.3 Å². The Bertz CT molecular complexity index is 691. The molecule has 8 heteroatoms. The van der Waals surface area contributed by atoms with Gasteiger partial charge in [0, 0.05) is 37.8 Å². The first-order valence-corrected chi connectivity index (χ1v) is 8.83. The first-order chi connectivity index (χ1) is 10.1. The highest BCUT2D eigenvalue weighted by molar-refractivity contribution is 7.89. The smallest absolute Gasteiger partial charge is 0.243 e. The molecule has 1 saturated heterocycles. The molecule has 1 aliphatic heterocycles. The fourth-order valence-electron chi connectivity index (χ4n) is 2.26. The Kier molecular flexibility index (Phi) is 3.83. The quantitative estimate of drug-likeness (QED) is 0.922. The van der Waals surface area contributed by atoms with E-state index in [-0.39, 0.29) is 10.6 Å². The first kappa shape index (κ1) is 14.3. The average Bonchev–Trinajstić information content (AvgIpc) is 3.02. The van der Waals surface area contributed by atoms with Gasteiger partial charge in [0.25, 0.3) is 0 Å². The second kappa shape index (κ2) is 5.63. The van der Waals surface area contributed by atoms with E-state index in [1.165, 1.54) is 28.6 Å². The summed E-state index contributed by atoms with van der Waals surface area (Å²) in [6.07, 6.45) is 1.75. The second-order valence-electron chi connectivity index (χ2n) is 4.70. The van der Waals surface area contributed by atoms with Crippen LogP contribution < -0.4 is 4.90 Å². The number of hydrogen-bond acceptors (Lipinski definition) is 6. The SMILES string of the molecule is O=S(=O)(c1ccc(O)cc1)N1CCN(c2nccs2)CC1. The summed E-state index contributed by atoms with van der Waals surface area (Å²) in [5.74, 6) is 0.0579. The van der Waals surface area contributed by atoms with Crippen LogP contribution in [0.1, 0.15) is 0 Å². The van der Waals surface area contributed by atoms with Crippen LogP contribution in [0.5, 0.6) is 5.75 Å². The lowest BCUT2D eigenvalue weighted by Gasteiger charge is -2.33. The van der Waals surface area contributed by atoms with Crippen LogP contribution in [0.2, 0.25) is 0 Å². The van der Waals surface area contributed by atoms with Gasteiger partial charge in [-0.1, -0.05) is 0 Å². The number of nitrogens with zero attached hydrogens (tertiary/aromatic N) is 3.